The SMILES string of the molecule is c1ccc(-n2c3ccccc3c3cc4c5ccccc5n5cc6ccccc6c5c4cc32)cc1. The van der Waals surface area contributed by atoms with Crippen LogP contribution in [0.15, 0.2) is 121 Å². The molecule has 0 spiro atoms. The van der Waals surface area contributed by atoms with E-state index in [9.17, 15) is 0 Å². The summed E-state index contributed by atoms with van der Waals surface area (Å²) >= 11 is 0. The Balaban J connectivity index is 1.69. The van der Waals surface area contributed by atoms with Gasteiger partial charge in [0.25, 0.3) is 0 Å². The van der Waals surface area contributed by atoms with Gasteiger partial charge in [-0.1, -0.05) is 78.9 Å². The number of benzene rings is 5. The maximum atomic E-state index is 2.41. The minimum Gasteiger partial charge on any atom is -0.315 e. The first kappa shape index (κ1) is 17.9. The van der Waals surface area contributed by atoms with E-state index in [-0.39, 0.29) is 0 Å². The molecule has 0 N–H and O–H groups in total. The molecule has 0 aliphatic rings. The Bertz CT molecular complexity index is 2060. The summed E-state index contributed by atoms with van der Waals surface area (Å²) in [5.74, 6) is 0. The van der Waals surface area contributed by atoms with E-state index >= 15 is 0 Å². The van der Waals surface area contributed by atoms with Crippen LogP contribution in [0, 0.1) is 0 Å². The number of rotatable bonds is 1. The third-order valence-electron chi connectivity index (χ3n) is 7.26. The lowest BCUT2D eigenvalue weighted by atomic mass is 10.0. The second-order valence-corrected chi connectivity index (χ2v) is 9.06. The number of nitrogens with zero attached hydrogens (tertiary/aromatic N) is 2. The van der Waals surface area contributed by atoms with Crippen molar-refractivity contribution in [2.75, 3.05) is 0 Å². The van der Waals surface area contributed by atoms with Crippen molar-refractivity contribution in [3.05, 3.63) is 121 Å². The zero-order valence-electron chi connectivity index (χ0n) is 18.4. The quantitative estimate of drug-likeness (QED) is 0.230. The molecule has 0 bridgehead atoms. The fraction of sp³-hybridized carbons (Fsp3) is 0. The number of aromatic nitrogens is 2. The first-order chi connectivity index (χ1) is 16.9. The van der Waals surface area contributed by atoms with E-state index in [4.69, 9.17) is 0 Å². The summed E-state index contributed by atoms with van der Waals surface area (Å²) in [7, 11) is 0. The predicted molar refractivity (Wildman–Crippen MR) is 144 cm³/mol. The smallest absolute Gasteiger partial charge is 0.0614 e. The minimum atomic E-state index is 1.19. The normalized spacial score (nSPS) is 12.1. The lowest BCUT2D eigenvalue weighted by Crippen LogP contribution is -1.94. The van der Waals surface area contributed by atoms with Gasteiger partial charge in [0.15, 0.2) is 0 Å². The van der Waals surface area contributed by atoms with E-state index < -0.39 is 0 Å². The van der Waals surface area contributed by atoms with Crippen LogP contribution in [-0.4, -0.2) is 8.97 Å². The lowest BCUT2D eigenvalue weighted by molar-refractivity contribution is 1.18. The second kappa shape index (κ2) is 6.49. The molecular weight excluding hydrogens is 412 g/mol. The highest BCUT2D eigenvalue weighted by Crippen LogP contribution is 2.40. The van der Waals surface area contributed by atoms with Crippen LogP contribution in [0.2, 0.25) is 0 Å². The van der Waals surface area contributed by atoms with Crippen LogP contribution in [0.4, 0.5) is 0 Å². The average molecular weight is 433 g/mol. The third-order valence-corrected chi connectivity index (χ3v) is 7.26. The second-order valence-electron chi connectivity index (χ2n) is 9.06. The number of para-hydroxylation sites is 3. The third kappa shape index (κ3) is 2.24. The summed E-state index contributed by atoms with van der Waals surface area (Å²) in [6.45, 7) is 0. The van der Waals surface area contributed by atoms with E-state index in [0.29, 0.717) is 0 Å². The molecule has 8 aromatic rings. The van der Waals surface area contributed by atoms with Gasteiger partial charge in [-0.25, -0.2) is 0 Å². The zero-order valence-corrected chi connectivity index (χ0v) is 18.4. The lowest BCUT2D eigenvalue weighted by Gasteiger charge is -2.12. The molecule has 8 rings (SSSR count). The van der Waals surface area contributed by atoms with Crippen LogP contribution >= 0.6 is 0 Å². The number of hydrogen-bond acceptors (Lipinski definition) is 0. The summed E-state index contributed by atoms with van der Waals surface area (Å²) in [5.41, 5.74) is 6.18. The van der Waals surface area contributed by atoms with Crippen LogP contribution < -0.4 is 0 Å². The van der Waals surface area contributed by atoms with Gasteiger partial charge < -0.3 is 8.97 Å². The Labute approximate surface area is 195 Å². The average Bonchev–Trinajstić information content (AvgIpc) is 3.44. The summed E-state index contributed by atoms with van der Waals surface area (Å²) < 4.78 is 4.78. The van der Waals surface area contributed by atoms with Gasteiger partial charge in [-0.15, -0.1) is 0 Å². The molecule has 0 fully saturated rings. The molecule has 0 radical (unpaired) electrons. The standard InChI is InChI=1S/C32H20N2/c1-2-11-22(12-3-1)34-30-17-9-7-15-25(30)27-18-26-24-14-6-8-16-29(24)33-20-21-10-4-5-13-23(21)32(33)28(26)19-31(27)34/h1-20H. The Morgan fingerprint density at radius 3 is 1.88 bits per heavy atom. The van der Waals surface area contributed by atoms with Crippen molar-refractivity contribution in [3.63, 3.8) is 0 Å². The van der Waals surface area contributed by atoms with E-state index in [2.05, 4.69) is 130 Å². The highest BCUT2D eigenvalue weighted by atomic mass is 15.0. The molecule has 0 saturated heterocycles. The molecule has 3 aromatic heterocycles. The van der Waals surface area contributed by atoms with Gasteiger partial charge in [0.1, 0.15) is 0 Å². The highest BCUT2D eigenvalue weighted by Gasteiger charge is 2.17. The fourth-order valence-corrected chi connectivity index (χ4v) is 5.82. The maximum absolute atomic E-state index is 2.41. The van der Waals surface area contributed by atoms with Gasteiger partial charge in [-0.2, -0.15) is 0 Å². The Hall–Kier alpha value is -4.56. The van der Waals surface area contributed by atoms with Crippen LogP contribution in [0.3, 0.4) is 0 Å². The van der Waals surface area contributed by atoms with Crippen molar-refractivity contribution < 1.29 is 0 Å². The highest BCUT2D eigenvalue weighted by molar-refractivity contribution is 6.24. The topological polar surface area (TPSA) is 9.34 Å². The molecule has 0 atom stereocenters. The molecule has 0 aliphatic heterocycles. The molecule has 0 amide bonds. The summed E-state index contributed by atoms with van der Waals surface area (Å²) in [4.78, 5) is 0. The predicted octanol–water partition coefficient (Wildman–Crippen LogP) is 8.50. The zero-order chi connectivity index (χ0) is 22.2. The van der Waals surface area contributed by atoms with Crippen molar-refractivity contribution in [3.8, 4) is 5.69 Å². The minimum absolute atomic E-state index is 1.19. The Kier molecular flexibility index (Phi) is 3.42. The summed E-state index contributed by atoms with van der Waals surface area (Å²) in [6, 6.07) is 41.8. The molecule has 34 heavy (non-hydrogen) atoms. The van der Waals surface area contributed by atoms with Crippen molar-refractivity contribution in [1.29, 1.82) is 0 Å². The molecule has 0 unspecified atom stereocenters. The van der Waals surface area contributed by atoms with Gasteiger partial charge >= 0.3 is 0 Å². The molecule has 3 heterocycles. The van der Waals surface area contributed by atoms with Gasteiger partial charge in [0, 0.05) is 44.2 Å². The number of hydrogen-bond donors (Lipinski definition) is 0. The fourth-order valence-electron chi connectivity index (χ4n) is 5.82. The molecule has 0 aliphatic carbocycles. The first-order valence-corrected chi connectivity index (χ1v) is 11.7. The summed E-state index contributed by atoms with van der Waals surface area (Å²) in [5, 5.41) is 9.00. The van der Waals surface area contributed by atoms with Gasteiger partial charge in [-0.3, -0.25) is 0 Å². The number of fused-ring (bicyclic) bond motifs is 11. The molecule has 158 valence electrons. The van der Waals surface area contributed by atoms with E-state index in [0.717, 1.165) is 0 Å². The first-order valence-electron chi connectivity index (χ1n) is 11.7. The van der Waals surface area contributed by atoms with Crippen molar-refractivity contribution in [1.82, 2.24) is 8.97 Å². The molecule has 2 heteroatoms. The van der Waals surface area contributed by atoms with Gasteiger partial charge in [0.05, 0.1) is 22.1 Å². The van der Waals surface area contributed by atoms with E-state index in [1.165, 1.54) is 65.5 Å². The van der Waals surface area contributed by atoms with Crippen molar-refractivity contribution in [2.45, 2.75) is 0 Å². The Morgan fingerprint density at radius 2 is 1.06 bits per heavy atom. The molecule has 5 aromatic carbocycles. The van der Waals surface area contributed by atoms with Crippen molar-refractivity contribution >= 4 is 59.8 Å². The monoisotopic (exact) mass is 432 g/mol. The van der Waals surface area contributed by atoms with Gasteiger partial charge in [-0.05, 0) is 41.8 Å². The summed E-state index contributed by atoms with van der Waals surface area (Å²) in [6.07, 6.45) is 2.28. The maximum Gasteiger partial charge on any atom is 0.0614 e. The van der Waals surface area contributed by atoms with Crippen LogP contribution in [-0.2, 0) is 0 Å². The molecule has 2 nitrogen and oxygen atoms in total. The van der Waals surface area contributed by atoms with E-state index in [1.54, 1.807) is 0 Å². The van der Waals surface area contributed by atoms with E-state index in [1.807, 2.05) is 0 Å². The molecule has 0 saturated carbocycles. The molecular formula is C32H20N2. The van der Waals surface area contributed by atoms with Crippen LogP contribution in [0.25, 0.3) is 65.5 Å². The van der Waals surface area contributed by atoms with Crippen LogP contribution in [0.1, 0.15) is 0 Å². The van der Waals surface area contributed by atoms with Gasteiger partial charge in [0.2, 0.25) is 0 Å². The Morgan fingerprint density at radius 1 is 0.412 bits per heavy atom. The van der Waals surface area contributed by atoms with Crippen molar-refractivity contribution in [2.24, 2.45) is 0 Å². The largest absolute Gasteiger partial charge is 0.315 e. The van der Waals surface area contributed by atoms with Crippen LogP contribution in [0.5, 0.6) is 0 Å². The number of pyridine rings is 1.